The van der Waals surface area contributed by atoms with Crippen molar-refractivity contribution in [1.82, 2.24) is 24.7 Å². The lowest BCUT2D eigenvalue weighted by Crippen LogP contribution is -2.46. The average molecular weight is 544 g/mol. The van der Waals surface area contributed by atoms with Crippen LogP contribution in [0.4, 0.5) is 0 Å². The van der Waals surface area contributed by atoms with Gasteiger partial charge in [-0.3, -0.25) is 14.2 Å². The van der Waals surface area contributed by atoms with E-state index in [4.69, 9.17) is 0 Å². The number of benzene rings is 3. The second-order valence-corrected chi connectivity index (χ2v) is 10.8. The summed E-state index contributed by atoms with van der Waals surface area (Å²) in [7, 11) is 0. The van der Waals surface area contributed by atoms with Crippen LogP contribution < -0.4 is 10.9 Å². The Labute approximate surface area is 216 Å². The Morgan fingerprint density at radius 1 is 0.972 bits per heavy atom. The molecular weight excluding hydrogens is 518 g/mol. The van der Waals surface area contributed by atoms with Gasteiger partial charge in [-0.05, 0) is 51.5 Å². The smallest absolute Gasteiger partial charge is 0.280 e. The van der Waals surface area contributed by atoms with E-state index < -0.39 is 11.6 Å². The van der Waals surface area contributed by atoms with Gasteiger partial charge in [-0.15, -0.1) is 5.10 Å². The number of hydrogen-bond donors (Lipinski definition) is 1. The van der Waals surface area contributed by atoms with E-state index in [0.29, 0.717) is 27.8 Å². The lowest BCUT2D eigenvalue weighted by Gasteiger charge is -2.27. The van der Waals surface area contributed by atoms with E-state index >= 15 is 0 Å². The zero-order valence-electron chi connectivity index (χ0n) is 20.5. The summed E-state index contributed by atoms with van der Waals surface area (Å²) in [5.74, 6) is -0.268. The van der Waals surface area contributed by atoms with Gasteiger partial charge in [-0.25, -0.2) is 4.52 Å². The van der Waals surface area contributed by atoms with Crippen LogP contribution in [-0.2, 0) is 4.79 Å². The molecule has 1 N–H and O–H groups in total. The van der Waals surface area contributed by atoms with Crippen molar-refractivity contribution in [3.8, 4) is 11.3 Å². The third kappa shape index (κ3) is 4.33. The first kappa shape index (κ1) is 23.9. The predicted molar refractivity (Wildman–Crippen MR) is 145 cm³/mol. The van der Waals surface area contributed by atoms with Crippen LogP contribution in [-0.4, -0.2) is 30.8 Å². The van der Waals surface area contributed by atoms with E-state index in [-0.39, 0.29) is 11.5 Å². The van der Waals surface area contributed by atoms with Gasteiger partial charge in [0.15, 0.2) is 5.52 Å². The molecule has 7 nitrogen and oxygen atoms in total. The predicted octanol–water partition coefficient (Wildman–Crippen LogP) is 5.29. The van der Waals surface area contributed by atoms with Gasteiger partial charge in [-0.2, -0.15) is 0 Å². The van der Waals surface area contributed by atoms with Gasteiger partial charge in [0.2, 0.25) is 5.91 Å². The third-order valence-corrected chi connectivity index (χ3v) is 6.46. The average Bonchev–Trinajstić information content (AvgIpc) is 3.28. The summed E-state index contributed by atoms with van der Waals surface area (Å²) >= 11 is 3.54. The van der Waals surface area contributed by atoms with Crippen LogP contribution in [0.2, 0.25) is 0 Å². The van der Waals surface area contributed by atoms with E-state index in [9.17, 15) is 9.59 Å². The summed E-state index contributed by atoms with van der Waals surface area (Å²) in [6, 6.07) is 21.8. The fourth-order valence-corrected chi connectivity index (χ4v) is 4.74. The van der Waals surface area contributed by atoms with Crippen LogP contribution in [0.5, 0.6) is 0 Å². The molecule has 5 aromatic rings. The lowest BCUT2D eigenvalue weighted by molar-refractivity contribution is -0.124. The van der Waals surface area contributed by atoms with Crippen molar-refractivity contribution in [1.29, 1.82) is 0 Å². The monoisotopic (exact) mass is 543 g/mol. The highest BCUT2D eigenvalue weighted by molar-refractivity contribution is 9.10. The molecule has 2 aromatic heterocycles. The minimum Gasteiger partial charge on any atom is -0.349 e. The molecule has 0 bridgehead atoms. The Kier molecular flexibility index (Phi) is 6.00. The Morgan fingerprint density at radius 2 is 1.67 bits per heavy atom. The summed E-state index contributed by atoms with van der Waals surface area (Å²) in [5.41, 5.74) is 3.75. The highest BCUT2D eigenvalue weighted by Gasteiger charge is 2.30. The Bertz CT molecular complexity index is 1650. The molecule has 36 heavy (non-hydrogen) atoms. The molecule has 3 aromatic carbocycles. The van der Waals surface area contributed by atoms with Gasteiger partial charge in [0.25, 0.3) is 5.56 Å². The molecule has 0 fully saturated rings. The number of fused-ring (bicyclic) bond motifs is 3. The number of carbonyl (C=O) groups excluding carboxylic acids is 1. The van der Waals surface area contributed by atoms with Crippen molar-refractivity contribution in [2.75, 3.05) is 0 Å². The highest BCUT2D eigenvalue weighted by atomic mass is 79.9. The Morgan fingerprint density at radius 3 is 2.33 bits per heavy atom. The number of halogens is 1. The van der Waals surface area contributed by atoms with Crippen molar-refractivity contribution >= 4 is 38.4 Å². The van der Waals surface area contributed by atoms with Crippen LogP contribution >= 0.6 is 15.9 Å². The molecular formula is C28H26BrN5O2. The molecule has 1 atom stereocenters. The minimum absolute atomic E-state index is 0.268. The number of nitrogens with zero attached hydrogens (tertiary/aromatic N) is 4. The zero-order valence-corrected chi connectivity index (χ0v) is 22.1. The first-order valence-electron chi connectivity index (χ1n) is 11.7. The van der Waals surface area contributed by atoms with Crippen LogP contribution in [0.15, 0.2) is 82.1 Å². The van der Waals surface area contributed by atoms with E-state index in [0.717, 1.165) is 15.6 Å². The summed E-state index contributed by atoms with van der Waals surface area (Å²) in [5, 5.41) is 11.8. The quantitative estimate of drug-likeness (QED) is 0.334. The molecule has 0 saturated heterocycles. The van der Waals surface area contributed by atoms with Crippen molar-refractivity contribution < 1.29 is 4.79 Å². The second kappa shape index (κ2) is 9.02. The molecule has 2 heterocycles. The Balaban J connectivity index is 1.89. The minimum atomic E-state index is -0.899. The van der Waals surface area contributed by atoms with Crippen molar-refractivity contribution in [2.24, 2.45) is 0 Å². The maximum absolute atomic E-state index is 14.3. The molecule has 1 unspecified atom stereocenters. The number of aromatic nitrogens is 4. The molecule has 0 radical (unpaired) electrons. The lowest BCUT2D eigenvalue weighted by atomic mass is 10.0. The van der Waals surface area contributed by atoms with Crippen LogP contribution in [0, 0.1) is 6.92 Å². The molecule has 1 amide bonds. The number of rotatable bonds is 4. The fraction of sp³-hybridized carbons (Fsp3) is 0.214. The SMILES string of the molecule is Cc1ccc(C(C(=O)NC(C)(C)C)n2c(=O)c3c(-c4ccccc4)nnn3c3cc(Br)ccc32)cc1. The van der Waals surface area contributed by atoms with E-state index in [1.165, 1.54) is 0 Å². The van der Waals surface area contributed by atoms with Crippen LogP contribution in [0.1, 0.15) is 37.9 Å². The molecule has 0 saturated carbocycles. The first-order valence-corrected chi connectivity index (χ1v) is 12.5. The Hall–Kier alpha value is -3.78. The van der Waals surface area contributed by atoms with Gasteiger partial charge in [0.1, 0.15) is 11.7 Å². The van der Waals surface area contributed by atoms with Crippen molar-refractivity contribution in [3.63, 3.8) is 0 Å². The van der Waals surface area contributed by atoms with Gasteiger partial charge < -0.3 is 5.32 Å². The molecule has 0 aliphatic carbocycles. The number of carbonyl (C=O) groups is 1. The fourth-order valence-electron chi connectivity index (χ4n) is 4.39. The summed E-state index contributed by atoms with van der Waals surface area (Å²) in [6.45, 7) is 7.76. The maximum Gasteiger partial charge on any atom is 0.280 e. The van der Waals surface area contributed by atoms with Crippen LogP contribution in [0.3, 0.4) is 0 Å². The third-order valence-electron chi connectivity index (χ3n) is 5.96. The molecule has 0 spiro atoms. The molecule has 0 aliphatic rings. The van der Waals surface area contributed by atoms with E-state index in [1.54, 1.807) is 9.08 Å². The molecule has 182 valence electrons. The molecule has 0 aliphatic heterocycles. The van der Waals surface area contributed by atoms with E-state index in [1.807, 2.05) is 100 Å². The van der Waals surface area contributed by atoms with Crippen LogP contribution in [0.25, 0.3) is 27.8 Å². The van der Waals surface area contributed by atoms with Gasteiger partial charge >= 0.3 is 0 Å². The largest absolute Gasteiger partial charge is 0.349 e. The van der Waals surface area contributed by atoms with Crippen molar-refractivity contribution in [3.05, 3.63) is 98.7 Å². The summed E-state index contributed by atoms with van der Waals surface area (Å²) in [6.07, 6.45) is 0. The van der Waals surface area contributed by atoms with E-state index in [2.05, 4.69) is 31.6 Å². The van der Waals surface area contributed by atoms with Gasteiger partial charge in [0.05, 0.1) is 11.0 Å². The standard InChI is InChI=1S/C28H26BrN5O2/c1-17-10-12-19(13-11-17)24(26(35)30-28(2,3)4)33-21-15-14-20(29)16-22(21)34-25(27(33)36)23(31-32-34)18-8-6-5-7-9-18/h5-16,24H,1-4H3,(H,30,35). The number of aryl methyl sites for hydroxylation is 1. The van der Waals surface area contributed by atoms with Crippen molar-refractivity contribution in [2.45, 2.75) is 39.3 Å². The number of nitrogens with one attached hydrogen (secondary N) is 1. The maximum atomic E-state index is 14.3. The van der Waals surface area contributed by atoms with Gasteiger partial charge in [-0.1, -0.05) is 81.3 Å². The normalized spacial score (nSPS) is 12.7. The summed E-state index contributed by atoms with van der Waals surface area (Å²) in [4.78, 5) is 28.1. The first-order chi connectivity index (χ1) is 17.1. The second-order valence-electron chi connectivity index (χ2n) is 9.93. The topological polar surface area (TPSA) is 81.3 Å². The van der Waals surface area contributed by atoms with Gasteiger partial charge in [0, 0.05) is 15.6 Å². The molecule has 8 heteroatoms. The number of hydrogen-bond acceptors (Lipinski definition) is 4. The zero-order chi connectivity index (χ0) is 25.6. The number of amides is 1. The summed E-state index contributed by atoms with van der Waals surface area (Å²) < 4.78 is 3.96. The molecule has 5 rings (SSSR count). The highest BCUT2D eigenvalue weighted by Crippen LogP contribution is 2.29.